The molecule has 0 fully saturated rings. The van der Waals surface area contributed by atoms with Gasteiger partial charge in [-0.3, -0.25) is 0 Å². The van der Waals surface area contributed by atoms with Crippen LogP contribution in [-0.2, 0) is 0 Å². The number of aromatic nitrogens is 1. The van der Waals surface area contributed by atoms with Crippen molar-refractivity contribution in [3.05, 3.63) is 42.5 Å². The fraction of sp³-hybridized carbons (Fsp3) is 0.267. The Hall–Kier alpha value is -2.23. The van der Waals surface area contributed by atoms with Crippen LogP contribution >= 0.6 is 0 Å². The number of hydrogen-bond acceptors (Lipinski definition) is 4. The van der Waals surface area contributed by atoms with Gasteiger partial charge in [0.05, 0.1) is 11.4 Å². The molecule has 0 aliphatic carbocycles. The highest BCUT2D eigenvalue weighted by Gasteiger charge is 2.21. The number of nitrogens with one attached hydrogen (secondary N) is 1. The summed E-state index contributed by atoms with van der Waals surface area (Å²) in [7, 11) is 4.03. The lowest BCUT2D eigenvalue weighted by molar-refractivity contribution is 0.814. The Morgan fingerprint density at radius 3 is 2.58 bits per heavy atom. The Kier molecular flexibility index (Phi) is 2.99. The Balaban J connectivity index is 2.04. The lowest BCUT2D eigenvalue weighted by Crippen LogP contribution is -2.36. The maximum atomic E-state index is 4.64. The van der Waals surface area contributed by atoms with E-state index in [2.05, 4.69) is 57.5 Å². The van der Waals surface area contributed by atoms with Crippen LogP contribution in [0.25, 0.3) is 0 Å². The van der Waals surface area contributed by atoms with E-state index in [4.69, 9.17) is 0 Å². The second kappa shape index (κ2) is 4.80. The molecule has 0 bridgehead atoms. The summed E-state index contributed by atoms with van der Waals surface area (Å²) >= 11 is 0. The van der Waals surface area contributed by atoms with Crippen molar-refractivity contribution in [3.63, 3.8) is 0 Å². The molecule has 1 aliphatic heterocycles. The molecule has 0 saturated heterocycles. The van der Waals surface area contributed by atoms with Crippen LogP contribution in [0.2, 0.25) is 0 Å². The van der Waals surface area contributed by atoms with Crippen molar-refractivity contribution in [1.82, 2.24) is 4.98 Å². The molecule has 1 aromatic carbocycles. The van der Waals surface area contributed by atoms with E-state index in [1.54, 1.807) is 0 Å². The molecular weight excluding hydrogens is 236 g/mol. The first kappa shape index (κ1) is 11.8. The van der Waals surface area contributed by atoms with Crippen molar-refractivity contribution >= 4 is 23.0 Å². The molecule has 1 N–H and O–H groups in total. The summed E-state index contributed by atoms with van der Waals surface area (Å²) in [6, 6.07) is 14.5. The van der Waals surface area contributed by atoms with Crippen molar-refractivity contribution in [1.29, 1.82) is 0 Å². The number of hydrogen-bond donors (Lipinski definition) is 1. The van der Waals surface area contributed by atoms with Crippen LogP contribution in [0.5, 0.6) is 0 Å². The second-order valence-corrected chi connectivity index (χ2v) is 4.69. The first-order valence-corrected chi connectivity index (χ1v) is 6.52. The van der Waals surface area contributed by atoms with Crippen LogP contribution in [0.1, 0.15) is 0 Å². The van der Waals surface area contributed by atoms with Crippen molar-refractivity contribution < 1.29 is 0 Å². The quantitative estimate of drug-likeness (QED) is 0.893. The first-order valence-electron chi connectivity index (χ1n) is 6.52. The number of fused-ring (bicyclic) bond motifs is 1. The van der Waals surface area contributed by atoms with Gasteiger partial charge in [-0.05, 0) is 24.3 Å². The molecule has 0 atom stereocenters. The van der Waals surface area contributed by atoms with E-state index >= 15 is 0 Å². The van der Waals surface area contributed by atoms with Crippen molar-refractivity contribution in [2.24, 2.45) is 0 Å². The highest BCUT2D eigenvalue weighted by atomic mass is 15.3. The van der Waals surface area contributed by atoms with E-state index in [-0.39, 0.29) is 0 Å². The summed E-state index contributed by atoms with van der Waals surface area (Å²) in [5, 5.41) is 3.09. The lowest BCUT2D eigenvalue weighted by atomic mass is 10.1. The maximum absolute atomic E-state index is 4.64. The van der Waals surface area contributed by atoms with Gasteiger partial charge in [-0.1, -0.05) is 18.2 Å². The minimum atomic E-state index is 0.897. The Morgan fingerprint density at radius 2 is 1.79 bits per heavy atom. The van der Waals surface area contributed by atoms with Gasteiger partial charge >= 0.3 is 0 Å². The molecular formula is C15H18N4. The molecule has 0 spiro atoms. The van der Waals surface area contributed by atoms with Crippen LogP contribution in [0.3, 0.4) is 0 Å². The average molecular weight is 254 g/mol. The molecule has 0 amide bonds. The highest BCUT2D eigenvalue weighted by Crippen LogP contribution is 2.36. The van der Waals surface area contributed by atoms with Crippen LogP contribution in [0.4, 0.5) is 23.0 Å². The fourth-order valence-electron chi connectivity index (χ4n) is 2.46. The van der Waals surface area contributed by atoms with Gasteiger partial charge < -0.3 is 15.1 Å². The Bertz CT molecular complexity index is 582. The van der Waals surface area contributed by atoms with Gasteiger partial charge in [-0.2, -0.15) is 0 Å². The van der Waals surface area contributed by atoms with Crippen molar-refractivity contribution in [3.8, 4) is 0 Å². The second-order valence-electron chi connectivity index (χ2n) is 4.69. The van der Waals surface area contributed by atoms with Gasteiger partial charge in [-0.25, -0.2) is 4.98 Å². The summed E-state index contributed by atoms with van der Waals surface area (Å²) in [6.07, 6.45) is 0. The third-order valence-corrected chi connectivity index (χ3v) is 3.51. The summed E-state index contributed by atoms with van der Waals surface area (Å²) in [5.41, 5.74) is 2.47. The van der Waals surface area contributed by atoms with Crippen LogP contribution in [0, 0.1) is 0 Å². The molecule has 0 saturated carbocycles. The van der Waals surface area contributed by atoms with Gasteiger partial charge in [0.25, 0.3) is 0 Å². The number of nitrogens with zero attached hydrogens (tertiary/aromatic N) is 3. The fourth-order valence-corrected chi connectivity index (χ4v) is 2.46. The molecule has 1 aliphatic rings. The van der Waals surface area contributed by atoms with E-state index in [0.717, 1.165) is 24.7 Å². The summed E-state index contributed by atoms with van der Waals surface area (Å²) in [4.78, 5) is 9.19. The smallest absolute Gasteiger partial charge is 0.135 e. The molecule has 19 heavy (non-hydrogen) atoms. The van der Waals surface area contributed by atoms with Gasteiger partial charge in [0.2, 0.25) is 0 Å². The third kappa shape index (κ3) is 2.10. The summed E-state index contributed by atoms with van der Waals surface area (Å²) in [5.74, 6) is 1.89. The predicted octanol–water partition coefficient (Wildman–Crippen LogP) is 2.71. The average Bonchev–Trinajstić information content (AvgIpc) is 2.48. The molecule has 0 unspecified atom stereocenters. The van der Waals surface area contributed by atoms with Crippen LogP contribution in [-0.4, -0.2) is 32.2 Å². The number of likely N-dealkylation sites (N-methyl/N-ethyl adjacent to an activating group) is 1. The molecule has 3 rings (SSSR count). The number of para-hydroxylation sites is 2. The molecule has 2 aromatic rings. The Labute approximate surface area is 113 Å². The number of pyridine rings is 1. The lowest BCUT2D eigenvalue weighted by Gasteiger charge is -2.36. The van der Waals surface area contributed by atoms with Gasteiger partial charge in [0.1, 0.15) is 11.6 Å². The number of benzene rings is 1. The molecule has 4 nitrogen and oxygen atoms in total. The zero-order valence-corrected chi connectivity index (χ0v) is 11.3. The molecule has 4 heteroatoms. The van der Waals surface area contributed by atoms with E-state index < -0.39 is 0 Å². The topological polar surface area (TPSA) is 31.4 Å². The molecule has 98 valence electrons. The monoisotopic (exact) mass is 254 g/mol. The Morgan fingerprint density at radius 1 is 1.00 bits per heavy atom. The van der Waals surface area contributed by atoms with Gasteiger partial charge in [0.15, 0.2) is 0 Å². The molecule has 2 heterocycles. The minimum Gasteiger partial charge on any atom is -0.373 e. The van der Waals surface area contributed by atoms with Gasteiger partial charge in [-0.15, -0.1) is 0 Å². The van der Waals surface area contributed by atoms with E-state index in [9.17, 15) is 0 Å². The zero-order valence-electron chi connectivity index (χ0n) is 11.3. The SMILES string of the molecule is CNc1cccc(N2CCN(C)c3ccccc32)n1. The minimum absolute atomic E-state index is 0.897. The van der Waals surface area contributed by atoms with Crippen LogP contribution in [0.15, 0.2) is 42.5 Å². The van der Waals surface area contributed by atoms with Crippen LogP contribution < -0.4 is 15.1 Å². The van der Waals surface area contributed by atoms with Gasteiger partial charge in [0, 0.05) is 27.2 Å². The predicted molar refractivity (Wildman–Crippen MR) is 80.5 cm³/mol. The third-order valence-electron chi connectivity index (χ3n) is 3.51. The zero-order chi connectivity index (χ0) is 13.2. The normalized spacial score (nSPS) is 14.2. The summed E-state index contributed by atoms with van der Waals surface area (Å²) < 4.78 is 0. The van der Waals surface area contributed by atoms with E-state index in [1.165, 1.54) is 11.4 Å². The molecule has 1 aromatic heterocycles. The number of rotatable bonds is 2. The van der Waals surface area contributed by atoms with E-state index in [0.29, 0.717) is 0 Å². The first-order chi connectivity index (χ1) is 9.29. The standard InChI is InChI=1S/C15H18N4/c1-16-14-8-5-9-15(17-14)19-11-10-18(2)12-6-3-4-7-13(12)19/h3-9H,10-11H2,1-2H3,(H,16,17). The van der Waals surface area contributed by atoms with Crippen molar-refractivity contribution in [2.45, 2.75) is 0 Å². The van der Waals surface area contributed by atoms with E-state index in [1.807, 2.05) is 19.2 Å². The maximum Gasteiger partial charge on any atom is 0.135 e. The van der Waals surface area contributed by atoms with Crippen molar-refractivity contribution in [2.75, 3.05) is 42.3 Å². The molecule has 0 radical (unpaired) electrons. The summed E-state index contributed by atoms with van der Waals surface area (Å²) in [6.45, 7) is 1.95. The highest BCUT2D eigenvalue weighted by molar-refractivity contribution is 5.78. The largest absolute Gasteiger partial charge is 0.373 e. The number of anilines is 4.